The molecule has 4 amide bonds. The van der Waals surface area contributed by atoms with Gasteiger partial charge in [-0.3, -0.25) is 19.8 Å². The zero-order valence-electron chi connectivity index (χ0n) is 17.9. The Kier molecular flexibility index (Phi) is 5.10. The van der Waals surface area contributed by atoms with Crippen LogP contribution in [0.3, 0.4) is 0 Å². The number of hydrogen-bond donors (Lipinski definition) is 1. The number of nitrogens with zero attached hydrogens (tertiary/aromatic N) is 2. The number of aromatic nitrogens is 1. The zero-order valence-corrected chi connectivity index (χ0v) is 17.9. The molecule has 4 rings (SSSR count). The summed E-state index contributed by atoms with van der Waals surface area (Å²) in [4.78, 5) is 38.6. The van der Waals surface area contributed by atoms with E-state index in [-0.39, 0.29) is 12.1 Å². The summed E-state index contributed by atoms with van der Waals surface area (Å²) in [6, 6.07) is 10.8. The van der Waals surface area contributed by atoms with Gasteiger partial charge < -0.3 is 8.98 Å². The van der Waals surface area contributed by atoms with Crippen LogP contribution in [-0.4, -0.2) is 27.3 Å². The Bertz CT molecular complexity index is 1210. The molecule has 0 radical (unpaired) electrons. The predicted molar refractivity (Wildman–Crippen MR) is 115 cm³/mol. The van der Waals surface area contributed by atoms with Gasteiger partial charge in [0.15, 0.2) is 0 Å². The number of amides is 4. The molecule has 1 aliphatic heterocycles. The van der Waals surface area contributed by atoms with Crippen molar-refractivity contribution in [2.75, 3.05) is 0 Å². The Labute approximate surface area is 180 Å². The number of rotatable bonds is 4. The molecule has 0 unspecified atom stereocenters. The molecule has 158 valence electrons. The maximum absolute atomic E-state index is 13.0. The Morgan fingerprint density at radius 2 is 1.71 bits per heavy atom. The van der Waals surface area contributed by atoms with Crippen LogP contribution in [-0.2, 0) is 16.1 Å². The van der Waals surface area contributed by atoms with Crippen LogP contribution in [0.4, 0.5) is 4.79 Å². The molecule has 1 aliphatic rings. The van der Waals surface area contributed by atoms with Gasteiger partial charge in [0, 0.05) is 17.1 Å². The summed E-state index contributed by atoms with van der Waals surface area (Å²) in [5.41, 5.74) is 5.83. The minimum absolute atomic E-state index is 0.0517. The SMILES string of the molecule is Cc1cc(C)cc(-n2c(C)cc(/C=C3\C(=O)NC(=O)N(Cc4ccco4)C3=O)c2C)c1. The maximum atomic E-state index is 13.0. The van der Waals surface area contributed by atoms with Crippen molar-refractivity contribution in [3.63, 3.8) is 0 Å². The highest BCUT2D eigenvalue weighted by molar-refractivity contribution is 6.31. The monoisotopic (exact) mass is 417 g/mol. The molecule has 0 spiro atoms. The first-order valence-corrected chi connectivity index (χ1v) is 9.93. The molecule has 1 fully saturated rings. The van der Waals surface area contributed by atoms with Crippen LogP contribution < -0.4 is 5.32 Å². The van der Waals surface area contributed by atoms with E-state index in [0.29, 0.717) is 5.76 Å². The van der Waals surface area contributed by atoms with Crippen molar-refractivity contribution >= 4 is 23.9 Å². The van der Waals surface area contributed by atoms with E-state index in [1.807, 2.05) is 33.8 Å². The van der Waals surface area contributed by atoms with Crippen molar-refractivity contribution in [1.29, 1.82) is 0 Å². The summed E-state index contributed by atoms with van der Waals surface area (Å²) in [5.74, 6) is -0.909. The fourth-order valence-electron chi connectivity index (χ4n) is 3.96. The van der Waals surface area contributed by atoms with Crippen LogP contribution >= 0.6 is 0 Å². The van der Waals surface area contributed by atoms with Gasteiger partial charge in [-0.15, -0.1) is 0 Å². The minimum Gasteiger partial charge on any atom is -0.467 e. The van der Waals surface area contributed by atoms with Crippen LogP contribution in [0.1, 0.15) is 33.8 Å². The van der Waals surface area contributed by atoms with Gasteiger partial charge in [0.25, 0.3) is 11.8 Å². The number of furan rings is 1. The van der Waals surface area contributed by atoms with Gasteiger partial charge in [0.1, 0.15) is 11.3 Å². The Hall–Kier alpha value is -3.87. The lowest BCUT2D eigenvalue weighted by molar-refractivity contribution is -0.130. The average molecular weight is 417 g/mol. The molecule has 2 aromatic heterocycles. The molecule has 0 aliphatic carbocycles. The number of hydrogen-bond acceptors (Lipinski definition) is 4. The third-order valence-corrected chi connectivity index (χ3v) is 5.31. The van der Waals surface area contributed by atoms with Gasteiger partial charge in [-0.25, -0.2) is 4.79 Å². The predicted octanol–water partition coefficient (Wildman–Crippen LogP) is 3.97. The summed E-state index contributed by atoms with van der Waals surface area (Å²) in [6.07, 6.45) is 3.01. The van der Waals surface area contributed by atoms with E-state index in [1.54, 1.807) is 18.2 Å². The second-order valence-corrected chi connectivity index (χ2v) is 7.80. The van der Waals surface area contributed by atoms with Gasteiger partial charge in [-0.2, -0.15) is 0 Å². The van der Waals surface area contributed by atoms with E-state index in [2.05, 4.69) is 28.1 Å². The normalized spacial score (nSPS) is 15.7. The molecule has 0 saturated carbocycles. The molecule has 0 bridgehead atoms. The van der Waals surface area contributed by atoms with E-state index < -0.39 is 17.8 Å². The van der Waals surface area contributed by atoms with Gasteiger partial charge in [-0.05, 0) is 80.8 Å². The Balaban J connectivity index is 1.72. The molecule has 1 saturated heterocycles. The van der Waals surface area contributed by atoms with Crippen LogP contribution in [0, 0.1) is 27.7 Å². The minimum atomic E-state index is -0.760. The molecule has 7 heteroatoms. The van der Waals surface area contributed by atoms with Crippen LogP contribution in [0.2, 0.25) is 0 Å². The average Bonchev–Trinajstić information content (AvgIpc) is 3.29. The fourth-order valence-corrected chi connectivity index (χ4v) is 3.96. The Morgan fingerprint density at radius 1 is 1.00 bits per heavy atom. The first-order chi connectivity index (χ1) is 14.7. The lowest BCUT2D eigenvalue weighted by atomic mass is 10.1. The second kappa shape index (κ2) is 7.75. The van der Waals surface area contributed by atoms with Gasteiger partial charge in [0.2, 0.25) is 0 Å². The molecule has 1 N–H and O–H groups in total. The standard InChI is InChI=1S/C24H23N3O4/c1-14-8-15(2)10-19(9-14)27-16(3)11-18(17(27)4)12-21-22(28)25-24(30)26(23(21)29)13-20-6-5-7-31-20/h5-12H,13H2,1-4H3,(H,25,28,30)/b21-12+. The van der Waals surface area contributed by atoms with Crippen molar-refractivity contribution < 1.29 is 18.8 Å². The third-order valence-electron chi connectivity index (χ3n) is 5.31. The molecular formula is C24H23N3O4. The summed E-state index contributed by atoms with van der Waals surface area (Å²) in [5, 5.41) is 2.24. The van der Waals surface area contributed by atoms with Gasteiger partial charge in [0.05, 0.1) is 12.8 Å². The fraction of sp³-hybridized carbons (Fsp3) is 0.208. The van der Waals surface area contributed by atoms with Gasteiger partial charge >= 0.3 is 6.03 Å². The molecule has 3 heterocycles. The number of carbonyl (C=O) groups excluding carboxylic acids is 3. The van der Waals surface area contributed by atoms with E-state index in [0.717, 1.165) is 38.7 Å². The van der Waals surface area contributed by atoms with Crippen LogP contribution in [0.15, 0.2) is 52.7 Å². The topological polar surface area (TPSA) is 84.6 Å². The van der Waals surface area contributed by atoms with Crippen molar-refractivity contribution in [2.24, 2.45) is 0 Å². The third kappa shape index (κ3) is 3.82. The molecule has 7 nitrogen and oxygen atoms in total. The summed E-state index contributed by atoms with van der Waals surface area (Å²) >= 11 is 0. The number of barbiturate groups is 1. The highest BCUT2D eigenvalue weighted by Crippen LogP contribution is 2.25. The van der Waals surface area contributed by atoms with Crippen molar-refractivity contribution in [3.8, 4) is 5.69 Å². The first-order valence-electron chi connectivity index (χ1n) is 9.93. The summed E-state index contributed by atoms with van der Waals surface area (Å²) in [7, 11) is 0. The number of benzene rings is 1. The summed E-state index contributed by atoms with van der Waals surface area (Å²) in [6.45, 7) is 7.95. The van der Waals surface area contributed by atoms with Crippen LogP contribution in [0.25, 0.3) is 11.8 Å². The van der Waals surface area contributed by atoms with E-state index >= 15 is 0 Å². The van der Waals surface area contributed by atoms with E-state index in [9.17, 15) is 14.4 Å². The lowest BCUT2D eigenvalue weighted by Crippen LogP contribution is -2.53. The second-order valence-electron chi connectivity index (χ2n) is 7.80. The summed E-state index contributed by atoms with van der Waals surface area (Å²) < 4.78 is 7.32. The highest BCUT2D eigenvalue weighted by atomic mass is 16.3. The molecular weight excluding hydrogens is 394 g/mol. The highest BCUT2D eigenvalue weighted by Gasteiger charge is 2.36. The maximum Gasteiger partial charge on any atom is 0.331 e. The van der Waals surface area contributed by atoms with Crippen molar-refractivity contribution in [1.82, 2.24) is 14.8 Å². The molecule has 0 atom stereocenters. The number of urea groups is 1. The number of nitrogens with one attached hydrogen (secondary N) is 1. The smallest absolute Gasteiger partial charge is 0.331 e. The van der Waals surface area contributed by atoms with Crippen LogP contribution in [0.5, 0.6) is 0 Å². The van der Waals surface area contributed by atoms with Gasteiger partial charge in [-0.1, -0.05) is 6.07 Å². The quantitative estimate of drug-likeness (QED) is 0.514. The van der Waals surface area contributed by atoms with E-state index in [4.69, 9.17) is 4.42 Å². The lowest BCUT2D eigenvalue weighted by Gasteiger charge is -2.25. The first kappa shape index (κ1) is 20.4. The number of carbonyl (C=O) groups is 3. The molecule has 31 heavy (non-hydrogen) atoms. The zero-order chi connectivity index (χ0) is 22.3. The van der Waals surface area contributed by atoms with Crippen molar-refractivity contribution in [3.05, 3.63) is 82.1 Å². The number of aryl methyl sites for hydroxylation is 3. The molecule has 3 aromatic rings. The largest absolute Gasteiger partial charge is 0.467 e. The van der Waals surface area contributed by atoms with E-state index in [1.165, 1.54) is 6.26 Å². The van der Waals surface area contributed by atoms with Crippen molar-refractivity contribution in [2.45, 2.75) is 34.2 Å². The molecule has 1 aromatic carbocycles. The number of imide groups is 2. The Morgan fingerprint density at radius 3 is 2.35 bits per heavy atom.